The molecule has 1 atom stereocenters. The molecule has 1 saturated heterocycles. The van der Waals surface area contributed by atoms with Gasteiger partial charge in [0.15, 0.2) is 10.8 Å². The Morgan fingerprint density at radius 2 is 2.10 bits per heavy atom. The van der Waals surface area contributed by atoms with Crippen molar-refractivity contribution in [1.29, 1.82) is 0 Å². The summed E-state index contributed by atoms with van der Waals surface area (Å²) in [5.74, 6) is 1.09. The fourth-order valence-electron chi connectivity index (χ4n) is 2.90. The Labute approximate surface area is 124 Å². The first kappa shape index (κ1) is 13.9. The van der Waals surface area contributed by atoms with Crippen LogP contribution in [-0.4, -0.2) is 46.5 Å². The van der Waals surface area contributed by atoms with Crippen LogP contribution >= 0.6 is 11.3 Å². The quantitative estimate of drug-likeness (QED) is 0.933. The number of fused-ring (bicyclic) bond motifs is 1. The number of thiazole rings is 1. The van der Waals surface area contributed by atoms with Crippen molar-refractivity contribution in [2.75, 3.05) is 31.1 Å². The molecule has 2 aromatic rings. The summed E-state index contributed by atoms with van der Waals surface area (Å²) in [5.41, 5.74) is 7.07. The van der Waals surface area contributed by atoms with Crippen LogP contribution in [0, 0.1) is 0 Å². The minimum Gasteiger partial charge on any atom is -0.352 e. The van der Waals surface area contributed by atoms with E-state index in [2.05, 4.69) is 39.6 Å². The Kier molecular flexibility index (Phi) is 3.96. The standard InChI is InChI=1S/C14H23N5S/c1-3-11(2)17-4-6-18(7-5-17)13-12(10-15)19-8-9-20-14(19)16-13/h8-9,11H,3-7,10,15H2,1-2H3. The van der Waals surface area contributed by atoms with E-state index < -0.39 is 0 Å². The van der Waals surface area contributed by atoms with Crippen LogP contribution in [0.4, 0.5) is 5.82 Å². The van der Waals surface area contributed by atoms with E-state index in [1.54, 1.807) is 11.3 Å². The highest BCUT2D eigenvalue weighted by atomic mass is 32.1. The third-order valence-corrected chi connectivity index (χ3v) is 5.12. The van der Waals surface area contributed by atoms with Gasteiger partial charge >= 0.3 is 0 Å². The van der Waals surface area contributed by atoms with E-state index in [9.17, 15) is 0 Å². The fraction of sp³-hybridized carbons (Fsp3) is 0.643. The lowest BCUT2D eigenvalue weighted by atomic mass is 10.2. The zero-order valence-corrected chi connectivity index (χ0v) is 13.1. The Morgan fingerprint density at radius 1 is 1.35 bits per heavy atom. The highest BCUT2D eigenvalue weighted by Crippen LogP contribution is 2.25. The molecule has 20 heavy (non-hydrogen) atoms. The number of hydrogen-bond donors (Lipinski definition) is 1. The highest BCUT2D eigenvalue weighted by Gasteiger charge is 2.24. The van der Waals surface area contributed by atoms with E-state index in [1.165, 1.54) is 6.42 Å². The van der Waals surface area contributed by atoms with Gasteiger partial charge in [-0.2, -0.15) is 0 Å². The van der Waals surface area contributed by atoms with Crippen LogP contribution in [0.5, 0.6) is 0 Å². The first-order valence-electron chi connectivity index (χ1n) is 7.38. The van der Waals surface area contributed by atoms with Crippen LogP contribution in [-0.2, 0) is 6.54 Å². The second-order valence-corrected chi connectivity index (χ2v) is 6.30. The van der Waals surface area contributed by atoms with Crippen molar-refractivity contribution in [1.82, 2.24) is 14.3 Å². The summed E-state index contributed by atoms with van der Waals surface area (Å²) in [5, 5.41) is 2.06. The normalized spacial score (nSPS) is 18.9. The van der Waals surface area contributed by atoms with E-state index in [0.29, 0.717) is 12.6 Å². The second-order valence-electron chi connectivity index (χ2n) is 5.42. The van der Waals surface area contributed by atoms with Crippen molar-refractivity contribution in [2.45, 2.75) is 32.9 Å². The second kappa shape index (κ2) is 5.71. The lowest BCUT2D eigenvalue weighted by molar-refractivity contribution is 0.192. The number of hydrogen-bond acceptors (Lipinski definition) is 5. The predicted octanol–water partition coefficient (Wildman–Crippen LogP) is 1.77. The van der Waals surface area contributed by atoms with Crippen molar-refractivity contribution in [2.24, 2.45) is 5.73 Å². The zero-order valence-electron chi connectivity index (χ0n) is 12.2. The molecule has 0 aromatic carbocycles. The van der Waals surface area contributed by atoms with E-state index >= 15 is 0 Å². The summed E-state index contributed by atoms with van der Waals surface area (Å²) in [7, 11) is 0. The van der Waals surface area contributed by atoms with Gasteiger partial charge in [-0.15, -0.1) is 11.3 Å². The van der Waals surface area contributed by atoms with E-state index in [-0.39, 0.29) is 0 Å². The monoisotopic (exact) mass is 293 g/mol. The molecule has 2 aromatic heterocycles. The molecule has 110 valence electrons. The summed E-state index contributed by atoms with van der Waals surface area (Å²) in [6.45, 7) is 9.43. The molecule has 1 aliphatic heterocycles. The Balaban J connectivity index is 1.78. The van der Waals surface area contributed by atoms with Gasteiger partial charge in [0.2, 0.25) is 0 Å². The summed E-state index contributed by atoms with van der Waals surface area (Å²) < 4.78 is 2.13. The smallest absolute Gasteiger partial charge is 0.195 e. The number of imidazole rings is 1. The summed E-state index contributed by atoms with van der Waals surface area (Å²) >= 11 is 1.67. The number of aromatic nitrogens is 2. The Hall–Kier alpha value is -1.11. The average molecular weight is 293 g/mol. The molecule has 1 aliphatic rings. The molecule has 0 aliphatic carbocycles. The molecule has 0 amide bonds. The summed E-state index contributed by atoms with van der Waals surface area (Å²) in [6.07, 6.45) is 3.28. The molecule has 0 radical (unpaired) electrons. The SMILES string of the molecule is CCC(C)N1CCN(c2nc3sccn3c2CN)CC1. The number of piperazine rings is 1. The van der Waals surface area contributed by atoms with Crippen molar-refractivity contribution >= 4 is 22.1 Å². The molecule has 0 saturated carbocycles. The van der Waals surface area contributed by atoms with E-state index in [1.807, 2.05) is 0 Å². The molecule has 0 spiro atoms. The minimum atomic E-state index is 0.540. The van der Waals surface area contributed by atoms with Gasteiger partial charge < -0.3 is 10.6 Å². The predicted molar refractivity (Wildman–Crippen MR) is 84.5 cm³/mol. The molecule has 6 heteroatoms. The van der Waals surface area contributed by atoms with Crippen LogP contribution in [0.15, 0.2) is 11.6 Å². The average Bonchev–Trinajstić information content (AvgIpc) is 3.06. The lowest BCUT2D eigenvalue weighted by Crippen LogP contribution is -2.49. The molecule has 3 heterocycles. The first-order chi connectivity index (χ1) is 9.74. The molecule has 0 bridgehead atoms. The van der Waals surface area contributed by atoms with Gasteiger partial charge in [0.1, 0.15) is 0 Å². The lowest BCUT2D eigenvalue weighted by Gasteiger charge is -2.38. The van der Waals surface area contributed by atoms with Gasteiger partial charge in [0, 0.05) is 50.3 Å². The van der Waals surface area contributed by atoms with Gasteiger partial charge in [-0.25, -0.2) is 4.98 Å². The fourth-order valence-corrected chi connectivity index (χ4v) is 3.62. The number of anilines is 1. The van der Waals surface area contributed by atoms with Crippen LogP contribution in [0.3, 0.4) is 0 Å². The highest BCUT2D eigenvalue weighted by molar-refractivity contribution is 7.15. The van der Waals surface area contributed by atoms with Crippen molar-refractivity contribution in [3.8, 4) is 0 Å². The molecule has 2 N–H and O–H groups in total. The van der Waals surface area contributed by atoms with Gasteiger partial charge in [-0.05, 0) is 13.3 Å². The maximum Gasteiger partial charge on any atom is 0.195 e. The maximum atomic E-state index is 5.93. The number of nitrogens with two attached hydrogens (primary N) is 1. The number of rotatable bonds is 4. The molecule has 1 fully saturated rings. The van der Waals surface area contributed by atoms with Gasteiger partial charge in [0.05, 0.1) is 5.69 Å². The summed E-state index contributed by atoms with van der Waals surface area (Å²) in [6, 6.07) is 0.677. The molecular weight excluding hydrogens is 270 g/mol. The van der Waals surface area contributed by atoms with Crippen LogP contribution in [0.25, 0.3) is 4.96 Å². The van der Waals surface area contributed by atoms with Gasteiger partial charge in [-0.3, -0.25) is 9.30 Å². The van der Waals surface area contributed by atoms with Crippen molar-refractivity contribution in [3.05, 3.63) is 17.3 Å². The zero-order chi connectivity index (χ0) is 14.1. The van der Waals surface area contributed by atoms with Crippen molar-refractivity contribution < 1.29 is 0 Å². The van der Waals surface area contributed by atoms with Gasteiger partial charge in [0.25, 0.3) is 0 Å². The molecule has 1 unspecified atom stereocenters. The third-order valence-electron chi connectivity index (χ3n) is 4.36. The Morgan fingerprint density at radius 3 is 2.75 bits per heavy atom. The molecule has 3 rings (SSSR count). The maximum absolute atomic E-state index is 5.93. The van der Waals surface area contributed by atoms with Crippen LogP contribution in [0.2, 0.25) is 0 Å². The van der Waals surface area contributed by atoms with Gasteiger partial charge in [-0.1, -0.05) is 6.92 Å². The molecule has 5 nitrogen and oxygen atoms in total. The van der Waals surface area contributed by atoms with Crippen LogP contribution < -0.4 is 10.6 Å². The third kappa shape index (κ3) is 2.32. The molecular formula is C14H23N5S. The Bertz CT molecular complexity index is 567. The van der Waals surface area contributed by atoms with Crippen molar-refractivity contribution in [3.63, 3.8) is 0 Å². The van der Waals surface area contributed by atoms with Crippen LogP contribution in [0.1, 0.15) is 26.0 Å². The topological polar surface area (TPSA) is 49.8 Å². The largest absolute Gasteiger partial charge is 0.352 e. The summed E-state index contributed by atoms with van der Waals surface area (Å²) in [4.78, 5) is 10.8. The van der Waals surface area contributed by atoms with E-state index in [0.717, 1.165) is 42.7 Å². The first-order valence-corrected chi connectivity index (χ1v) is 8.26. The minimum absolute atomic E-state index is 0.540. The number of nitrogens with zero attached hydrogens (tertiary/aromatic N) is 4. The van der Waals surface area contributed by atoms with E-state index in [4.69, 9.17) is 10.7 Å².